The van der Waals surface area contributed by atoms with Gasteiger partial charge in [0, 0.05) is 12.4 Å². The number of nitriles is 1. The first-order valence-corrected chi connectivity index (χ1v) is 6.75. The molecule has 0 N–H and O–H groups in total. The molecule has 3 rings (SSSR count). The van der Waals surface area contributed by atoms with E-state index in [-0.39, 0.29) is 6.04 Å². The van der Waals surface area contributed by atoms with Crippen molar-refractivity contribution in [2.45, 2.75) is 6.04 Å². The molecule has 0 radical (unpaired) electrons. The van der Waals surface area contributed by atoms with E-state index in [0.29, 0.717) is 0 Å². The van der Waals surface area contributed by atoms with Gasteiger partial charge in [0.05, 0.1) is 12.4 Å². The first-order chi connectivity index (χ1) is 9.42. The third-order valence-corrected chi connectivity index (χ3v) is 3.11. The van der Waals surface area contributed by atoms with Crippen molar-refractivity contribution in [3.8, 4) is 6.07 Å². The average Bonchev–Trinajstić information content (AvgIpc) is 3.17. The van der Waals surface area contributed by atoms with E-state index in [1.54, 1.807) is 34.6 Å². The molecule has 0 fully saturated rings. The van der Waals surface area contributed by atoms with Gasteiger partial charge in [-0.15, -0.1) is 0 Å². The lowest BCUT2D eigenvalue weighted by Gasteiger charge is -2.09. The van der Waals surface area contributed by atoms with Crippen molar-refractivity contribution in [3.63, 3.8) is 0 Å². The summed E-state index contributed by atoms with van der Waals surface area (Å²) >= 11 is 1.71. The van der Waals surface area contributed by atoms with Crippen molar-refractivity contribution in [3.05, 3.63) is 77.5 Å². The van der Waals surface area contributed by atoms with E-state index < -0.39 is 0 Å². The van der Waals surface area contributed by atoms with Gasteiger partial charge in [0.15, 0.2) is 0 Å². The zero-order valence-corrected chi connectivity index (χ0v) is 11.1. The summed E-state index contributed by atoms with van der Waals surface area (Å²) in [6, 6.07) is 15.7. The minimum Gasteiger partial charge on any atom is -0.317 e. The molecule has 0 amide bonds. The van der Waals surface area contributed by atoms with Crippen LogP contribution in [0.3, 0.4) is 0 Å². The Morgan fingerprint density at radius 1 is 1.11 bits per heavy atom. The highest BCUT2D eigenvalue weighted by atomic mass is 32.1. The van der Waals surface area contributed by atoms with E-state index in [1.165, 1.54) is 0 Å². The van der Waals surface area contributed by atoms with Crippen LogP contribution < -0.4 is 0 Å². The van der Waals surface area contributed by atoms with E-state index >= 15 is 0 Å². The quantitative estimate of drug-likeness (QED) is 0.709. The topological polar surface area (TPSA) is 41.6 Å². The number of thiophene rings is 1. The Hall–Kier alpha value is -2.38. The lowest BCUT2D eigenvalue weighted by atomic mass is 10.1. The fourth-order valence-corrected chi connectivity index (χ4v) is 2.05. The predicted molar refractivity (Wildman–Crippen MR) is 76.7 cm³/mol. The van der Waals surface area contributed by atoms with Gasteiger partial charge in [0.2, 0.25) is 0 Å². The fraction of sp³-hybridized carbons (Fsp3) is 0.0667. The number of rotatable bonds is 2. The minimum atomic E-state index is -0.279. The monoisotopic (exact) mass is 267 g/mol. The van der Waals surface area contributed by atoms with Crippen LogP contribution in [-0.2, 0) is 0 Å². The average molecular weight is 267 g/mol. The molecule has 1 aromatic carbocycles. The smallest absolute Gasteiger partial charge is 0.147 e. The molecule has 2 heterocycles. The zero-order valence-electron chi connectivity index (χ0n) is 10.3. The molecule has 0 aliphatic carbocycles. The van der Waals surface area contributed by atoms with Gasteiger partial charge in [-0.05, 0) is 16.3 Å². The van der Waals surface area contributed by atoms with Crippen LogP contribution in [0.15, 0.2) is 71.9 Å². The Kier molecular flexibility index (Phi) is 4.91. The van der Waals surface area contributed by atoms with Gasteiger partial charge in [-0.1, -0.05) is 42.5 Å². The van der Waals surface area contributed by atoms with Gasteiger partial charge < -0.3 is 4.57 Å². The molecule has 0 aliphatic rings. The largest absolute Gasteiger partial charge is 0.317 e. The predicted octanol–water partition coefficient (Wildman–Crippen LogP) is 3.74. The van der Waals surface area contributed by atoms with Crippen LogP contribution in [0.1, 0.15) is 11.6 Å². The second kappa shape index (κ2) is 7.14. The minimum absolute atomic E-state index is 0.279. The molecular formula is C15H13N3S. The van der Waals surface area contributed by atoms with Gasteiger partial charge in [0.1, 0.15) is 6.04 Å². The van der Waals surface area contributed by atoms with E-state index in [0.717, 1.165) is 5.56 Å². The normalized spacial score (nSPS) is 10.9. The standard InChI is InChI=1S/C11H9N3.C4H4S/c12-8-11(14-7-6-13-9-14)10-4-2-1-3-5-10;1-2-4-5-3-1/h1-7,9,11H;1-4H. The number of hydrogen-bond donors (Lipinski definition) is 0. The van der Waals surface area contributed by atoms with Gasteiger partial charge >= 0.3 is 0 Å². The van der Waals surface area contributed by atoms with Crippen LogP contribution in [0.4, 0.5) is 0 Å². The van der Waals surface area contributed by atoms with Crippen molar-refractivity contribution in [2.24, 2.45) is 0 Å². The molecule has 0 bridgehead atoms. The second-order valence-corrected chi connectivity index (χ2v) is 4.56. The van der Waals surface area contributed by atoms with Gasteiger partial charge in [0.25, 0.3) is 0 Å². The summed E-state index contributed by atoms with van der Waals surface area (Å²) in [7, 11) is 0. The molecule has 0 saturated carbocycles. The maximum atomic E-state index is 9.05. The summed E-state index contributed by atoms with van der Waals surface area (Å²) in [6.07, 6.45) is 5.12. The molecule has 1 unspecified atom stereocenters. The number of nitrogens with zero attached hydrogens (tertiary/aromatic N) is 3. The maximum absolute atomic E-state index is 9.05. The second-order valence-electron chi connectivity index (χ2n) is 3.75. The highest BCUT2D eigenvalue weighted by molar-refractivity contribution is 7.07. The SMILES string of the molecule is N#CC(c1ccccc1)n1ccnc1.c1ccsc1. The summed E-state index contributed by atoms with van der Waals surface area (Å²) in [5.74, 6) is 0. The first-order valence-electron chi connectivity index (χ1n) is 5.81. The van der Waals surface area contributed by atoms with Crippen LogP contribution in [0.2, 0.25) is 0 Å². The summed E-state index contributed by atoms with van der Waals surface area (Å²) in [6.45, 7) is 0. The number of aromatic nitrogens is 2. The molecule has 3 aromatic rings. The first kappa shape index (κ1) is 13.1. The van der Waals surface area contributed by atoms with E-state index in [2.05, 4.69) is 11.1 Å². The Morgan fingerprint density at radius 2 is 1.84 bits per heavy atom. The molecule has 0 spiro atoms. The van der Waals surface area contributed by atoms with E-state index in [1.807, 2.05) is 53.2 Å². The van der Waals surface area contributed by atoms with Crippen molar-refractivity contribution in [1.82, 2.24) is 9.55 Å². The number of hydrogen-bond acceptors (Lipinski definition) is 3. The van der Waals surface area contributed by atoms with Crippen LogP contribution in [0, 0.1) is 11.3 Å². The van der Waals surface area contributed by atoms with Crippen LogP contribution in [0.25, 0.3) is 0 Å². The zero-order chi connectivity index (χ0) is 13.3. The molecule has 94 valence electrons. The fourth-order valence-electron chi connectivity index (χ4n) is 1.60. The Labute approximate surface area is 116 Å². The molecule has 3 nitrogen and oxygen atoms in total. The maximum Gasteiger partial charge on any atom is 0.147 e. The number of benzene rings is 1. The van der Waals surface area contributed by atoms with Crippen molar-refractivity contribution in [2.75, 3.05) is 0 Å². The number of imidazole rings is 1. The summed E-state index contributed by atoms with van der Waals surface area (Å²) < 4.78 is 1.79. The molecule has 0 saturated heterocycles. The molecular weight excluding hydrogens is 254 g/mol. The lowest BCUT2D eigenvalue weighted by Crippen LogP contribution is -2.05. The van der Waals surface area contributed by atoms with Gasteiger partial charge in [-0.2, -0.15) is 16.6 Å². The Morgan fingerprint density at radius 3 is 2.32 bits per heavy atom. The molecule has 4 heteroatoms. The Balaban J connectivity index is 0.000000224. The lowest BCUT2D eigenvalue weighted by molar-refractivity contribution is 0.710. The third kappa shape index (κ3) is 3.80. The molecule has 19 heavy (non-hydrogen) atoms. The van der Waals surface area contributed by atoms with Gasteiger partial charge in [-0.3, -0.25) is 0 Å². The van der Waals surface area contributed by atoms with E-state index in [9.17, 15) is 0 Å². The van der Waals surface area contributed by atoms with Crippen LogP contribution in [0.5, 0.6) is 0 Å². The van der Waals surface area contributed by atoms with Gasteiger partial charge in [-0.25, -0.2) is 4.98 Å². The summed E-state index contributed by atoms with van der Waals surface area (Å²) in [4.78, 5) is 3.93. The third-order valence-electron chi connectivity index (χ3n) is 2.49. The van der Waals surface area contributed by atoms with Crippen LogP contribution in [-0.4, -0.2) is 9.55 Å². The Bertz CT molecular complexity index is 577. The molecule has 2 aromatic heterocycles. The summed E-state index contributed by atoms with van der Waals surface area (Å²) in [5, 5.41) is 13.1. The van der Waals surface area contributed by atoms with E-state index in [4.69, 9.17) is 5.26 Å². The molecule has 0 aliphatic heterocycles. The summed E-state index contributed by atoms with van der Waals surface area (Å²) in [5.41, 5.74) is 0.980. The highest BCUT2D eigenvalue weighted by Crippen LogP contribution is 2.16. The molecule has 1 atom stereocenters. The van der Waals surface area contributed by atoms with Crippen LogP contribution >= 0.6 is 11.3 Å². The highest BCUT2D eigenvalue weighted by Gasteiger charge is 2.10. The van der Waals surface area contributed by atoms with Crippen molar-refractivity contribution in [1.29, 1.82) is 5.26 Å². The van der Waals surface area contributed by atoms with Crippen molar-refractivity contribution < 1.29 is 0 Å². The van der Waals surface area contributed by atoms with Crippen molar-refractivity contribution >= 4 is 11.3 Å².